The molecule has 0 bridgehead atoms. The van der Waals surface area contributed by atoms with Crippen molar-refractivity contribution in [2.24, 2.45) is 5.14 Å². The predicted molar refractivity (Wildman–Crippen MR) is 45.6 cm³/mol. The fraction of sp³-hybridized carbons (Fsp3) is 0.500. The third-order valence-electron chi connectivity index (χ3n) is 1.52. The summed E-state index contributed by atoms with van der Waals surface area (Å²) in [6.07, 6.45) is -2.74. The number of primary sulfonamides is 1. The molecule has 0 atom stereocenters. The largest absolute Gasteiger partial charge is 0.522 e. The minimum atomic E-state index is -4.71. The molecule has 1 heterocycles. The van der Waals surface area contributed by atoms with Gasteiger partial charge in [0.2, 0.25) is 10.0 Å². The fourth-order valence-electron chi connectivity index (χ4n) is 0.869. The zero-order chi connectivity index (χ0) is 12.4. The summed E-state index contributed by atoms with van der Waals surface area (Å²) in [6, 6.07) is 0. The predicted octanol–water partition coefficient (Wildman–Crippen LogP) is 0.0669. The van der Waals surface area contributed by atoms with Crippen molar-refractivity contribution in [3.8, 4) is 0 Å². The summed E-state index contributed by atoms with van der Waals surface area (Å²) in [7, 11) is -3.88. The number of halogens is 3. The zero-order valence-corrected chi connectivity index (χ0v) is 8.62. The Bertz CT molecular complexity index is 453. The molecule has 92 valence electrons. The highest BCUT2D eigenvalue weighted by Gasteiger charge is 2.28. The summed E-state index contributed by atoms with van der Waals surface area (Å²) in [6.45, 7) is -0.885. The average molecular weight is 259 g/mol. The normalized spacial score (nSPS) is 13.0. The number of hydrogen-bond acceptors (Lipinski definition) is 4. The molecule has 6 nitrogen and oxygen atoms in total. The Kier molecular flexibility index (Phi) is 3.55. The highest BCUT2D eigenvalue weighted by Crippen LogP contribution is 2.15. The molecule has 0 aliphatic rings. The minimum absolute atomic E-state index is 0.227. The Balaban J connectivity index is 2.54. The van der Waals surface area contributed by atoms with E-state index in [1.54, 1.807) is 0 Å². The first-order valence-corrected chi connectivity index (χ1v) is 5.49. The maximum Gasteiger partial charge on any atom is 0.522 e. The van der Waals surface area contributed by atoms with E-state index >= 15 is 0 Å². The van der Waals surface area contributed by atoms with Crippen molar-refractivity contribution < 1.29 is 26.3 Å². The van der Waals surface area contributed by atoms with Crippen molar-refractivity contribution in [3.63, 3.8) is 0 Å². The van der Waals surface area contributed by atoms with Crippen LogP contribution in [0.3, 0.4) is 0 Å². The molecule has 0 radical (unpaired) electrons. The van der Waals surface area contributed by atoms with Gasteiger partial charge in [-0.15, -0.1) is 13.2 Å². The first-order chi connectivity index (χ1) is 7.18. The SMILES string of the molecule is NS(=O)(=O)c1cnn(CCOC(F)(F)F)c1. The van der Waals surface area contributed by atoms with E-state index in [0.29, 0.717) is 0 Å². The van der Waals surface area contributed by atoms with Gasteiger partial charge in [0.15, 0.2) is 0 Å². The molecule has 1 rings (SSSR count). The number of hydrogen-bond donors (Lipinski definition) is 1. The van der Waals surface area contributed by atoms with Gasteiger partial charge in [0.05, 0.1) is 19.3 Å². The molecule has 0 unspecified atom stereocenters. The van der Waals surface area contributed by atoms with E-state index in [1.807, 2.05) is 0 Å². The van der Waals surface area contributed by atoms with Gasteiger partial charge < -0.3 is 0 Å². The fourth-order valence-corrected chi connectivity index (χ4v) is 1.33. The standard InChI is InChI=1S/C6H8F3N3O3S/c7-6(8,9)15-2-1-12-4-5(3-11-12)16(10,13)14/h3-4H,1-2H2,(H2,10,13,14). The maximum atomic E-state index is 11.6. The van der Waals surface area contributed by atoms with Crippen LogP contribution in [-0.4, -0.2) is 31.2 Å². The number of ether oxygens (including phenoxy) is 1. The molecule has 0 spiro atoms. The molecule has 10 heteroatoms. The number of nitrogens with two attached hydrogens (primary N) is 1. The van der Waals surface area contributed by atoms with Crippen LogP contribution in [0.25, 0.3) is 0 Å². The summed E-state index contributed by atoms with van der Waals surface area (Å²) in [4.78, 5) is -0.264. The lowest BCUT2D eigenvalue weighted by atomic mass is 10.7. The highest BCUT2D eigenvalue weighted by molar-refractivity contribution is 7.89. The molecule has 0 amide bonds. The maximum absolute atomic E-state index is 11.6. The summed E-state index contributed by atoms with van der Waals surface area (Å²) >= 11 is 0. The van der Waals surface area contributed by atoms with Crippen LogP contribution in [0.4, 0.5) is 13.2 Å². The Labute approximate surface area is 88.8 Å². The van der Waals surface area contributed by atoms with Crippen LogP contribution in [0.5, 0.6) is 0 Å². The summed E-state index contributed by atoms with van der Waals surface area (Å²) in [5, 5.41) is 8.29. The van der Waals surface area contributed by atoms with Crippen LogP contribution >= 0.6 is 0 Å². The van der Waals surface area contributed by atoms with Gasteiger partial charge in [-0.3, -0.25) is 9.42 Å². The molecule has 0 saturated heterocycles. The van der Waals surface area contributed by atoms with Crippen LogP contribution in [0.2, 0.25) is 0 Å². The third kappa shape index (κ3) is 4.16. The second-order valence-corrected chi connectivity index (χ2v) is 4.34. The van der Waals surface area contributed by atoms with Crippen molar-refractivity contribution in [2.75, 3.05) is 6.61 Å². The summed E-state index contributed by atoms with van der Waals surface area (Å²) in [5.41, 5.74) is 0. The van der Waals surface area contributed by atoms with Gasteiger partial charge in [0.1, 0.15) is 4.90 Å². The quantitative estimate of drug-likeness (QED) is 0.828. The zero-order valence-electron chi connectivity index (χ0n) is 7.81. The lowest BCUT2D eigenvalue weighted by molar-refractivity contribution is -0.325. The molecule has 0 fully saturated rings. The van der Waals surface area contributed by atoms with Crippen LogP contribution < -0.4 is 5.14 Å². The molecule has 16 heavy (non-hydrogen) atoms. The number of alkyl halides is 3. The Morgan fingerprint density at radius 3 is 2.56 bits per heavy atom. The minimum Gasteiger partial charge on any atom is -0.290 e. The van der Waals surface area contributed by atoms with E-state index in [4.69, 9.17) is 5.14 Å². The number of rotatable bonds is 4. The first kappa shape index (κ1) is 12.9. The van der Waals surface area contributed by atoms with Gasteiger partial charge in [0, 0.05) is 6.20 Å². The first-order valence-electron chi connectivity index (χ1n) is 3.94. The second kappa shape index (κ2) is 4.39. The summed E-state index contributed by atoms with van der Waals surface area (Å²) in [5.74, 6) is 0. The molecule has 0 aliphatic heterocycles. The molecular weight excluding hydrogens is 251 g/mol. The number of aromatic nitrogens is 2. The van der Waals surface area contributed by atoms with Gasteiger partial charge in [-0.25, -0.2) is 13.6 Å². The average Bonchev–Trinajstić information content (AvgIpc) is 2.49. The van der Waals surface area contributed by atoms with Crippen molar-refractivity contribution in [2.45, 2.75) is 17.8 Å². The Morgan fingerprint density at radius 1 is 1.50 bits per heavy atom. The van der Waals surface area contributed by atoms with Crippen LogP contribution in [0.1, 0.15) is 0 Å². The van der Waals surface area contributed by atoms with Crippen LogP contribution in [-0.2, 0) is 21.3 Å². The van der Waals surface area contributed by atoms with E-state index in [-0.39, 0.29) is 11.4 Å². The third-order valence-corrected chi connectivity index (χ3v) is 2.39. The van der Waals surface area contributed by atoms with Crippen molar-refractivity contribution in [1.29, 1.82) is 0 Å². The summed E-state index contributed by atoms with van der Waals surface area (Å²) < 4.78 is 60.8. The number of nitrogens with zero attached hydrogens (tertiary/aromatic N) is 2. The lowest BCUT2D eigenvalue weighted by Gasteiger charge is -2.06. The van der Waals surface area contributed by atoms with Crippen molar-refractivity contribution in [1.82, 2.24) is 9.78 Å². The van der Waals surface area contributed by atoms with Crippen LogP contribution in [0, 0.1) is 0 Å². The van der Waals surface area contributed by atoms with Gasteiger partial charge in [-0.2, -0.15) is 5.10 Å². The molecule has 1 aromatic rings. The van der Waals surface area contributed by atoms with Gasteiger partial charge >= 0.3 is 6.36 Å². The van der Waals surface area contributed by atoms with Gasteiger partial charge in [0.25, 0.3) is 0 Å². The molecule has 0 saturated carbocycles. The molecule has 2 N–H and O–H groups in total. The van der Waals surface area contributed by atoms with E-state index < -0.39 is 23.0 Å². The Hall–Kier alpha value is -1.13. The highest BCUT2D eigenvalue weighted by atomic mass is 32.2. The van der Waals surface area contributed by atoms with Gasteiger partial charge in [-0.1, -0.05) is 0 Å². The van der Waals surface area contributed by atoms with E-state index in [2.05, 4.69) is 9.84 Å². The second-order valence-electron chi connectivity index (χ2n) is 2.78. The Morgan fingerprint density at radius 2 is 2.12 bits per heavy atom. The molecular formula is C6H8F3N3O3S. The topological polar surface area (TPSA) is 87.2 Å². The van der Waals surface area contributed by atoms with E-state index in [1.165, 1.54) is 0 Å². The van der Waals surface area contributed by atoms with E-state index in [0.717, 1.165) is 17.1 Å². The molecule has 0 aromatic carbocycles. The van der Waals surface area contributed by atoms with E-state index in [9.17, 15) is 21.6 Å². The molecule has 0 aliphatic carbocycles. The monoisotopic (exact) mass is 259 g/mol. The lowest BCUT2D eigenvalue weighted by Crippen LogP contribution is -2.17. The van der Waals surface area contributed by atoms with Crippen molar-refractivity contribution in [3.05, 3.63) is 12.4 Å². The van der Waals surface area contributed by atoms with Crippen molar-refractivity contribution >= 4 is 10.0 Å². The number of sulfonamides is 1. The van der Waals surface area contributed by atoms with Crippen LogP contribution in [0.15, 0.2) is 17.3 Å². The molecule has 1 aromatic heterocycles. The van der Waals surface area contributed by atoms with Gasteiger partial charge in [-0.05, 0) is 0 Å². The smallest absolute Gasteiger partial charge is 0.290 e.